The number of nitrogens with two attached hydrogens (primary N) is 2. The zero-order valence-electron chi connectivity index (χ0n) is 15.5. The van der Waals surface area contributed by atoms with Crippen molar-refractivity contribution in [1.29, 1.82) is 5.41 Å². The third kappa shape index (κ3) is 4.53. The molecule has 0 bridgehead atoms. The molecule has 0 saturated carbocycles. The van der Waals surface area contributed by atoms with Crippen molar-refractivity contribution in [3.63, 3.8) is 0 Å². The molecule has 1 aromatic carbocycles. The van der Waals surface area contributed by atoms with Gasteiger partial charge in [0, 0.05) is 36.6 Å². The van der Waals surface area contributed by atoms with Crippen LogP contribution in [0.3, 0.4) is 0 Å². The van der Waals surface area contributed by atoms with Gasteiger partial charge in [0.15, 0.2) is 5.82 Å². The van der Waals surface area contributed by atoms with Crippen molar-refractivity contribution in [2.45, 2.75) is 25.9 Å². The van der Waals surface area contributed by atoms with E-state index in [1.165, 1.54) is 0 Å². The van der Waals surface area contributed by atoms with E-state index < -0.39 is 0 Å². The summed E-state index contributed by atoms with van der Waals surface area (Å²) >= 11 is 0. The van der Waals surface area contributed by atoms with E-state index in [4.69, 9.17) is 26.7 Å². The number of ether oxygens (including phenoxy) is 1. The second-order valence-electron chi connectivity index (χ2n) is 6.74. The molecule has 27 heavy (non-hydrogen) atoms. The number of hydrogen-bond donors (Lipinski definition) is 4. The van der Waals surface area contributed by atoms with Crippen molar-refractivity contribution >= 4 is 17.2 Å². The third-order valence-electron chi connectivity index (χ3n) is 4.68. The number of aliphatic hydroxyl groups is 1. The van der Waals surface area contributed by atoms with Crippen molar-refractivity contribution in [1.82, 2.24) is 14.9 Å². The van der Waals surface area contributed by atoms with Gasteiger partial charge in [-0.2, -0.15) is 4.98 Å². The summed E-state index contributed by atoms with van der Waals surface area (Å²) in [5.41, 5.74) is 14.0. The van der Waals surface area contributed by atoms with E-state index in [0.717, 1.165) is 31.5 Å². The van der Waals surface area contributed by atoms with Gasteiger partial charge >= 0.3 is 0 Å². The molecule has 0 unspecified atom stereocenters. The minimum absolute atomic E-state index is 0.00777. The van der Waals surface area contributed by atoms with Crippen molar-refractivity contribution in [2.24, 2.45) is 0 Å². The number of nitrogen functional groups attached to an aromatic ring is 2. The Balaban J connectivity index is 1.86. The van der Waals surface area contributed by atoms with E-state index in [1.54, 1.807) is 19.1 Å². The molecule has 2 aromatic rings. The van der Waals surface area contributed by atoms with E-state index in [2.05, 4.69) is 14.9 Å². The van der Waals surface area contributed by atoms with Crippen LogP contribution in [-0.4, -0.2) is 58.0 Å². The lowest BCUT2D eigenvalue weighted by atomic mass is 10.1. The molecule has 144 valence electrons. The summed E-state index contributed by atoms with van der Waals surface area (Å²) in [4.78, 5) is 11.1. The van der Waals surface area contributed by atoms with Gasteiger partial charge < -0.3 is 31.6 Å². The van der Waals surface area contributed by atoms with Crippen LogP contribution in [0.25, 0.3) is 11.4 Å². The molecule has 8 heteroatoms. The minimum atomic E-state index is -0.00777. The Kier molecular flexibility index (Phi) is 5.88. The van der Waals surface area contributed by atoms with Crippen LogP contribution in [-0.2, 0) is 0 Å². The van der Waals surface area contributed by atoms with Crippen LogP contribution in [0.4, 0.5) is 11.5 Å². The first-order valence-corrected chi connectivity index (χ1v) is 9.06. The fourth-order valence-electron chi connectivity index (χ4n) is 3.21. The number of nitrogens with zero attached hydrogens (tertiary/aromatic N) is 3. The fourth-order valence-corrected chi connectivity index (χ4v) is 3.21. The van der Waals surface area contributed by atoms with E-state index in [0.29, 0.717) is 29.5 Å². The molecule has 0 aliphatic carbocycles. The maximum atomic E-state index is 9.07. The van der Waals surface area contributed by atoms with E-state index in [1.807, 2.05) is 12.1 Å². The quantitative estimate of drug-likeness (QED) is 0.447. The van der Waals surface area contributed by atoms with Gasteiger partial charge in [-0.1, -0.05) is 0 Å². The molecule has 1 saturated heterocycles. The number of benzene rings is 1. The molecule has 1 aromatic heterocycles. The summed E-state index contributed by atoms with van der Waals surface area (Å²) in [6.45, 7) is 4.20. The summed E-state index contributed by atoms with van der Waals surface area (Å²) in [7, 11) is 0. The number of piperidine rings is 1. The highest BCUT2D eigenvalue weighted by atomic mass is 16.5. The number of aromatic nitrogens is 2. The summed E-state index contributed by atoms with van der Waals surface area (Å²) in [5, 5.41) is 17.1. The normalized spacial score (nSPS) is 15.6. The molecule has 0 radical (unpaired) electrons. The van der Waals surface area contributed by atoms with Crippen molar-refractivity contribution in [3.05, 3.63) is 29.8 Å². The lowest BCUT2D eigenvalue weighted by Crippen LogP contribution is -2.39. The monoisotopic (exact) mass is 370 g/mol. The highest BCUT2D eigenvalue weighted by Gasteiger charge is 2.24. The highest BCUT2D eigenvalue weighted by Crippen LogP contribution is 2.29. The standard InChI is InChI=1S/C19H26N6O2/c1-12(20)16-17(22)23-18(13-2-4-14(21)5-3-13)24-19(16)27-15-6-8-25(9-7-15)10-11-26/h2-5,15,20,26H,6-11,21H2,1H3,(H2,22,23,24). The van der Waals surface area contributed by atoms with Crippen molar-refractivity contribution < 1.29 is 9.84 Å². The molecule has 1 fully saturated rings. The summed E-state index contributed by atoms with van der Waals surface area (Å²) in [5.74, 6) is 1.03. The molecular formula is C19H26N6O2. The Labute approximate surface area is 158 Å². The molecule has 6 N–H and O–H groups in total. The zero-order valence-corrected chi connectivity index (χ0v) is 15.5. The smallest absolute Gasteiger partial charge is 0.228 e. The van der Waals surface area contributed by atoms with E-state index in [-0.39, 0.29) is 24.2 Å². The van der Waals surface area contributed by atoms with Crippen LogP contribution in [0.1, 0.15) is 25.3 Å². The molecule has 0 atom stereocenters. The molecule has 2 heterocycles. The maximum absolute atomic E-state index is 9.07. The van der Waals surface area contributed by atoms with Gasteiger partial charge in [-0.15, -0.1) is 0 Å². The van der Waals surface area contributed by atoms with Crippen LogP contribution < -0.4 is 16.2 Å². The van der Waals surface area contributed by atoms with Gasteiger partial charge in [0.2, 0.25) is 5.88 Å². The van der Waals surface area contributed by atoms with Crippen molar-refractivity contribution in [3.8, 4) is 17.3 Å². The van der Waals surface area contributed by atoms with E-state index >= 15 is 0 Å². The summed E-state index contributed by atoms with van der Waals surface area (Å²) < 4.78 is 6.16. The Morgan fingerprint density at radius 1 is 1.22 bits per heavy atom. The Bertz CT molecular complexity index is 801. The second-order valence-corrected chi connectivity index (χ2v) is 6.74. The van der Waals surface area contributed by atoms with Crippen LogP contribution in [0.2, 0.25) is 0 Å². The van der Waals surface area contributed by atoms with Gasteiger partial charge in [-0.05, 0) is 44.0 Å². The van der Waals surface area contributed by atoms with Gasteiger partial charge in [-0.25, -0.2) is 4.98 Å². The second kappa shape index (κ2) is 8.32. The van der Waals surface area contributed by atoms with E-state index in [9.17, 15) is 0 Å². The van der Waals surface area contributed by atoms with Crippen LogP contribution in [0, 0.1) is 5.41 Å². The first kappa shape index (κ1) is 19.1. The number of likely N-dealkylation sites (tertiary alicyclic amines) is 1. The lowest BCUT2D eigenvalue weighted by Gasteiger charge is -2.31. The number of β-amino-alcohol motifs (C(OH)–C–C–N with tert-alkyl or cyclic N) is 1. The number of rotatable bonds is 6. The first-order valence-electron chi connectivity index (χ1n) is 9.06. The highest BCUT2D eigenvalue weighted by molar-refractivity contribution is 6.02. The predicted octanol–water partition coefficient (Wildman–Crippen LogP) is 1.53. The van der Waals surface area contributed by atoms with Crippen LogP contribution >= 0.6 is 0 Å². The molecule has 8 nitrogen and oxygen atoms in total. The fraction of sp³-hybridized carbons (Fsp3) is 0.421. The van der Waals surface area contributed by atoms with Gasteiger partial charge in [0.25, 0.3) is 0 Å². The molecule has 1 aliphatic heterocycles. The molecule has 1 aliphatic rings. The zero-order chi connectivity index (χ0) is 19.4. The average Bonchev–Trinajstić information content (AvgIpc) is 2.63. The Morgan fingerprint density at radius 2 is 1.89 bits per heavy atom. The summed E-state index contributed by atoms with van der Waals surface area (Å²) in [6, 6.07) is 7.22. The van der Waals surface area contributed by atoms with Crippen LogP contribution in [0.15, 0.2) is 24.3 Å². The van der Waals surface area contributed by atoms with Crippen molar-refractivity contribution in [2.75, 3.05) is 37.7 Å². The molecule has 0 spiro atoms. The van der Waals surface area contributed by atoms with Gasteiger partial charge in [-0.3, -0.25) is 0 Å². The SMILES string of the molecule is CC(=N)c1c(N)nc(-c2ccc(N)cc2)nc1OC1CCN(CCO)CC1. The Hall–Kier alpha value is -2.71. The first-order chi connectivity index (χ1) is 13.0. The molecular weight excluding hydrogens is 344 g/mol. The number of hydrogen-bond acceptors (Lipinski definition) is 8. The topological polar surface area (TPSA) is 134 Å². The Morgan fingerprint density at radius 3 is 2.48 bits per heavy atom. The average molecular weight is 370 g/mol. The molecule has 3 rings (SSSR count). The van der Waals surface area contributed by atoms with Crippen LogP contribution in [0.5, 0.6) is 5.88 Å². The number of aliphatic hydroxyl groups excluding tert-OH is 1. The largest absolute Gasteiger partial charge is 0.474 e. The lowest BCUT2D eigenvalue weighted by molar-refractivity contribution is 0.0857. The number of nitrogens with one attached hydrogen (secondary N) is 1. The maximum Gasteiger partial charge on any atom is 0.228 e. The summed E-state index contributed by atoms with van der Waals surface area (Å²) in [6.07, 6.45) is 1.65. The third-order valence-corrected chi connectivity index (χ3v) is 4.68. The molecule has 0 amide bonds. The van der Waals surface area contributed by atoms with Gasteiger partial charge in [0.1, 0.15) is 11.9 Å². The predicted molar refractivity (Wildman–Crippen MR) is 106 cm³/mol. The van der Waals surface area contributed by atoms with Gasteiger partial charge in [0.05, 0.1) is 12.2 Å². The minimum Gasteiger partial charge on any atom is -0.474 e. The number of anilines is 2.